The van der Waals surface area contributed by atoms with Crippen LogP contribution < -0.4 is 0 Å². The minimum absolute atomic E-state index is 0.0117. The number of carbonyl (C=O) groups is 5. The number of rotatable bonds is 6. The minimum atomic E-state index is -2.44. The van der Waals surface area contributed by atoms with Crippen molar-refractivity contribution in [1.29, 1.82) is 0 Å². The number of Topliss-reactive ketones (excluding diaryl/α,β-unsaturated/α-hetero) is 3. The van der Waals surface area contributed by atoms with Gasteiger partial charge in [-0.25, -0.2) is 4.79 Å². The zero-order valence-electron chi connectivity index (χ0n) is 40.1. The molecule has 14 heteroatoms. The van der Waals surface area contributed by atoms with Crippen LogP contribution in [0.5, 0.6) is 0 Å². The number of allylic oxidation sites excluding steroid dienone is 6. The number of ether oxygens (including phenoxy) is 3. The highest BCUT2D eigenvalue weighted by molar-refractivity contribution is 6.39. The van der Waals surface area contributed by atoms with Crippen LogP contribution >= 0.6 is 0 Å². The van der Waals surface area contributed by atoms with E-state index >= 15 is 0 Å². The van der Waals surface area contributed by atoms with Crippen LogP contribution in [-0.2, 0) is 38.2 Å². The standard InChI is InChI=1S/C51H79NO13/c1-30-14-10-9-11-15-31(2)44(63-8)26-39-19-17-36(7)51(62,65-39)48(59)49(60)52-21-13-12-16-41(52)50(61)64-45(33(4)24-37-18-20-42(55)38(25-37)28-53)27-43(56)32(3)23-35(6)47(58)40(29-54)46(57)34(5)22-30/h9-11,14-15,23,30,32-34,36-42,44-45,47,53-55,58,62H,12-13,16-22,24-29H2,1-8H3/b11-9+,14-10+,31-15+,35-23+/t30-,32-,33-,34-,36-,37+,38+,39+,40+,41+,42-,44+,45+,47-,51-/m1/s1. The number of cyclic esters (lactones) is 1. The van der Waals surface area contributed by atoms with E-state index in [0.717, 1.165) is 5.57 Å². The Kier molecular flexibility index (Phi) is 21.0. The molecule has 1 saturated carbocycles. The Labute approximate surface area is 386 Å². The minimum Gasteiger partial charge on any atom is -0.460 e. The van der Waals surface area contributed by atoms with Gasteiger partial charge in [0.2, 0.25) is 5.79 Å². The molecular weight excluding hydrogens is 835 g/mol. The van der Waals surface area contributed by atoms with Gasteiger partial charge in [-0.15, -0.1) is 0 Å². The van der Waals surface area contributed by atoms with Gasteiger partial charge in [-0.05, 0) is 107 Å². The third kappa shape index (κ3) is 14.3. The lowest BCUT2D eigenvalue weighted by molar-refractivity contribution is -0.265. The average molecular weight is 914 g/mol. The highest BCUT2D eigenvalue weighted by atomic mass is 16.6. The predicted molar refractivity (Wildman–Crippen MR) is 245 cm³/mol. The van der Waals surface area contributed by atoms with Gasteiger partial charge >= 0.3 is 5.97 Å². The molecule has 3 aliphatic heterocycles. The number of aliphatic hydroxyl groups is 5. The lowest BCUT2D eigenvalue weighted by Crippen LogP contribution is -2.61. The quantitative estimate of drug-likeness (QED) is 0.129. The summed E-state index contributed by atoms with van der Waals surface area (Å²) in [7, 11) is 1.57. The molecule has 4 rings (SSSR count). The van der Waals surface area contributed by atoms with Crippen molar-refractivity contribution in [3.05, 3.63) is 47.6 Å². The number of carbonyl (C=O) groups excluding carboxylic acids is 5. The summed E-state index contributed by atoms with van der Waals surface area (Å²) in [4.78, 5) is 71.6. The van der Waals surface area contributed by atoms with Gasteiger partial charge in [-0.3, -0.25) is 19.2 Å². The average Bonchev–Trinajstić information content (AvgIpc) is 3.28. The molecule has 2 bridgehead atoms. The van der Waals surface area contributed by atoms with Crippen LogP contribution in [-0.4, -0.2) is 129 Å². The monoisotopic (exact) mass is 914 g/mol. The van der Waals surface area contributed by atoms with Crippen molar-refractivity contribution >= 4 is 29.2 Å². The maximum Gasteiger partial charge on any atom is 0.329 e. The van der Waals surface area contributed by atoms with Gasteiger partial charge in [0.1, 0.15) is 23.7 Å². The van der Waals surface area contributed by atoms with E-state index < -0.39 is 90.3 Å². The lowest BCUT2D eigenvalue weighted by Gasteiger charge is -2.42. The zero-order valence-corrected chi connectivity index (χ0v) is 40.1. The van der Waals surface area contributed by atoms with Gasteiger partial charge in [-0.1, -0.05) is 71.1 Å². The Balaban J connectivity index is 1.70. The lowest BCUT2D eigenvalue weighted by atomic mass is 9.75. The summed E-state index contributed by atoms with van der Waals surface area (Å²) >= 11 is 0. The number of fused-ring (bicyclic) bond motifs is 3. The molecule has 15 atom stereocenters. The normalized spacial score (nSPS) is 40.4. The highest BCUT2D eigenvalue weighted by Crippen LogP contribution is 2.38. The number of hydrogen-bond acceptors (Lipinski definition) is 13. The van der Waals surface area contributed by atoms with Crippen molar-refractivity contribution in [2.24, 2.45) is 47.3 Å². The first kappa shape index (κ1) is 54.2. The van der Waals surface area contributed by atoms with Crippen LogP contribution in [0.25, 0.3) is 0 Å². The van der Waals surface area contributed by atoms with Crippen molar-refractivity contribution in [2.75, 3.05) is 26.9 Å². The molecule has 0 aromatic carbocycles. The molecular formula is C51H79NO13. The highest BCUT2D eigenvalue weighted by Gasteiger charge is 2.53. The molecule has 1 amide bonds. The second-order valence-electron chi connectivity index (χ2n) is 19.9. The number of methoxy groups -OCH3 is 1. The third-order valence-corrected chi connectivity index (χ3v) is 14.7. The van der Waals surface area contributed by atoms with Gasteiger partial charge in [0.05, 0.1) is 36.9 Å². The molecule has 2 saturated heterocycles. The van der Waals surface area contributed by atoms with Crippen molar-refractivity contribution in [2.45, 2.75) is 168 Å². The summed E-state index contributed by atoms with van der Waals surface area (Å²) < 4.78 is 18.2. The fraction of sp³-hybridized carbons (Fsp3) is 0.745. The Hall–Kier alpha value is -3.37. The SMILES string of the molecule is CO[C@H]1C[C@@H]2CC[C@@H](C)[C@@](O)(O2)C(=O)C(=O)N2CCCC[C@H]2C(=O)O[C@H]([C@H](C)C[C@@H]2CC[C@@H](O)[C@H](CO)C2)CC(=O)[C@H](C)/C=C(\C)[C@@H](O)[C@@H](CO)C(=O)[C@H](C)C[C@H](C)/C=C/C=C/C=C/1C. The molecule has 0 radical (unpaired) electrons. The summed E-state index contributed by atoms with van der Waals surface area (Å²) in [5, 5.41) is 54.0. The third-order valence-electron chi connectivity index (χ3n) is 14.7. The van der Waals surface area contributed by atoms with E-state index in [9.17, 15) is 49.5 Å². The molecule has 366 valence electrons. The number of nitrogens with zero attached hydrogens (tertiary/aromatic N) is 1. The van der Waals surface area contributed by atoms with Gasteiger partial charge in [0.15, 0.2) is 0 Å². The topological polar surface area (TPSA) is 217 Å². The zero-order chi connectivity index (χ0) is 48.2. The molecule has 0 unspecified atom stereocenters. The number of ketones is 3. The van der Waals surface area contributed by atoms with Crippen molar-refractivity contribution in [3.63, 3.8) is 0 Å². The second-order valence-corrected chi connectivity index (χ2v) is 19.9. The Morgan fingerprint density at radius 3 is 2.28 bits per heavy atom. The summed E-state index contributed by atoms with van der Waals surface area (Å²) in [6.45, 7) is 11.8. The van der Waals surface area contributed by atoms with E-state index in [4.69, 9.17) is 14.2 Å². The first-order chi connectivity index (χ1) is 30.7. The molecule has 3 heterocycles. The smallest absolute Gasteiger partial charge is 0.329 e. The molecule has 1 aliphatic carbocycles. The summed E-state index contributed by atoms with van der Waals surface area (Å²) in [6.07, 6.45) is 12.1. The summed E-state index contributed by atoms with van der Waals surface area (Å²) in [5.74, 6) is -9.71. The van der Waals surface area contributed by atoms with Gasteiger partial charge < -0.3 is 44.6 Å². The van der Waals surface area contributed by atoms with E-state index in [0.29, 0.717) is 69.8 Å². The van der Waals surface area contributed by atoms with E-state index in [1.54, 1.807) is 40.9 Å². The molecule has 3 fully saturated rings. The number of esters is 1. The Bertz CT molecular complexity index is 1760. The van der Waals surface area contributed by atoms with Gasteiger partial charge in [0, 0.05) is 56.8 Å². The van der Waals surface area contributed by atoms with E-state index in [1.165, 1.54) is 4.90 Å². The maximum atomic E-state index is 14.3. The molecule has 4 aliphatic rings. The van der Waals surface area contributed by atoms with Crippen LogP contribution in [0.3, 0.4) is 0 Å². The van der Waals surface area contributed by atoms with Crippen molar-refractivity contribution in [1.82, 2.24) is 4.90 Å². The fourth-order valence-corrected chi connectivity index (χ4v) is 10.3. The Morgan fingerprint density at radius 1 is 0.877 bits per heavy atom. The maximum absolute atomic E-state index is 14.3. The number of amides is 1. The van der Waals surface area contributed by atoms with E-state index in [-0.39, 0.29) is 61.2 Å². The summed E-state index contributed by atoms with van der Waals surface area (Å²) in [5.41, 5.74) is 1.21. The van der Waals surface area contributed by atoms with Crippen LogP contribution in [0, 0.1) is 47.3 Å². The largest absolute Gasteiger partial charge is 0.460 e. The number of hydrogen-bond donors (Lipinski definition) is 5. The van der Waals surface area contributed by atoms with E-state index in [1.807, 2.05) is 51.2 Å². The molecule has 0 aromatic heterocycles. The van der Waals surface area contributed by atoms with Crippen LogP contribution in [0.4, 0.5) is 0 Å². The number of piperidine rings is 1. The molecule has 14 nitrogen and oxygen atoms in total. The van der Waals surface area contributed by atoms with Crippen LogP contribution in [0.2, 0.25) is 0 Å². The fourth-order valence-electron chi connectivity index (χ4n) is 10.3. The van der Waals surface area contributed by atoms with Gasteiger partial charge in [-0.2, -0.15) is 0 Å². The first-order valence-electron chi connectivity index (χ1n) is 24.1. The Morgan fingerprint density at radius 2 is 1.60 bits per heavy atom. The molecule has 0 spiro atoms. The van der Waals surface area contributed by atoms with Crippen LogP contribution in [0.15, 0.2) is 47.6 Å². The first-order valence-corrected chi connectivity index (χ1v) is 24.1. The van der Waals surface area contributed by atoms with Crippen molar-refractivity contribution in [3.8, 4) is 0 Å². The molecule has 65 heavy (non-hydrogen) atoms. The molecule has 5 N–H and O–H groups in total. The number of aliphatic hydroxyl groups excluding tert-OH is 4. The van der Waals surface area contributed by atoms with E-state index in [2.05, 4.69) is 0 Å². The van der Waals surface area contributed by atoms with Crippen molar-refractivity contribution < 1.29 is 63.7 Å². The second kappa shape index (κ2) is 25.1. The summed E-state index contributed by atoms with van der Waals surface area (Å²) in [6, 6.07) is -1.16. The molecule has 0 aromatic rings. The van der Waals surface area contributed by atoms with Gasteiger partial charge in [0.25, 0.3) is 11.7 Å². The predicted octanol–water partition coefficient (Wildman–Crippen LogP) is 5.37. The van der Waals surface area contributed by atoms with Crippen LogP contribution in [0.1, 0.15) is 126 Å².